The second kappa shape index (κ2) is 9.07. The van der Waals surface area contributed by atoms with Crippen LogP contribution in [-0.2, 0) is 6.61 Å². The van der Waals surface area contributed by atoms with E-state index in [1.165, 1.54) is 0 Å². The van der Waals surface area contributed by atoms with Gasteiger partial charge in [0, 0.05) is 22.9 Å². The highest BCUT2D eigenvalue weighted by Crippen LogP contribution is 2.20. The van der Waals surface area contributed by atoms with Crippen molar-refractivity contribution in [2.45, 2.75) is 6.61 Å². The van der Waals surface area contributed by atoms with Crippen LogP contribution in [0.5, 0.6) is 11.5 Å². The number of ether oxygens (including phenoxy) is 2. The van der Waals surface area contributed by atoms with Crippen LogP contribution in [0.4, 0.5) is 5.69 Å². The van der Waals surface area contributed by atoms with Crippen molar-refractivity contribution in [3.63, 3.8) is 0 Å². The summed E-state index contributed by atoms with van der Waals surface area (Å²) in [5.74, 6) is 1.03. The molecule has 0 fully saturated rings. The fourth-order valence-electron chi connectivity index (χ4n) is 2.52. The molecule has 0 aromatic heterocycles. The van der Waals surface area contributed by atoms with E-state index in [9.17, 15) is 4.79 Å². The minimum absolute atomic E-state index is 0.0446. The molecule has 0 saturated heterocycles. The summed E-state index contributed by atoms with van der Waals surface area (Å²) in [6.07, 6.45) is 0. The minimum Gasteiger partial charge on any atom is -0.489 e. The van der Waals surface area contributed by atoms with Crippen molar-refractivity contribution >= 4 is 11.6 Å². The average molecular weight is 358 g/mol. The summed E-state index contributed by atoms with van der Waals surface area (Å²) in [5, 5.41) is 11.5. The van der Waals surface area contributed by atoms with E-state index in [1.807, 2.05) is 54.6 Å². The Morgan fingerprint density at radius 2 is 1.63 bits per heavy atom. The number of carbonyl (C=O) groups is 1. The third-order valence-electron chi connectivity index (χ3n) is 3.79. The second-order valence-corrected chi connectivity index (χ2v) is 5.69. The molecule has 1 N–H and O–H groups in total. The molecule has 0 bridgehead atoms. The van der Waals surface area contributed by atoms with Gasteiger partial charge in [0.25, 0.3) is 5.91 Å². The number of amides is 1. The predicted molar refractivity (Wildman–Crippen MR) is 103 cm³/mol. The molecule has 0 spiro atoms. The number of benzene rings is 3. The molecular formula is C22H18N2O3. The summed E-state index contributed by atoms with van der Waals surface area (Å²) in [6.45, 7) is 0.246. The number of nitriles is 1. The molecule has 3 aromatic carbocycles. The van der Waals surface area contributed by atoms with Crippen molar-refractivity contribution in [2.24, 2.45) is 0 Å². The molecule has 0 heterocycles. The van der Waals surface area contributed by atoms with Crippen molar-refractivity contribution in [1.82, 2.24) is 0 Å². The second-order valence-electron chi connectivity index (χ2n) is 5.69. The zero-order valence-electron chi connectivity index (χ0n) is 14.6. The normalized spacial score (nSPS) is 9.89. The number of hydrogen-bond acceptors (Lipinski definition) is 4. The lowest BCUT2D eigenvalue weighted by atomic mass is 10.1. The molecule has 0 saturated carbocycles. The lowest BCUT2D eigenvalue weighted by Gasteiger charge is -2.12. The van der Waals surface area contributed by atoms with Gasteiger partial charge in [-0.3, -0.25) is 4.79 Å². The minimum atomic E-state index is -0.236. The van der Waals surface area contributed by atoms with E-state index in [-0.39, 0.29) is 12.5 Å². The molecule has 0 radical (unpaired) electrons. The van der Waals surface area contributed by atoms with Gasteiger partial charge in [-0.2, -0.15) is 5.26 Å². The van der Waals surface area contributed by atoms with E-state index >= 15 is 0 Å². The zero-order valence-corrected chi connectivity index (χ0v) is 14.6. The predicted octanol–water partition coefficient (Wildman–Crippen LogP) is 4.42. The summed E-state index contributed by atoms with van der Waals surface area (Å²) in [5.41, 5.74) is 1.92. The molecule has 5 nitrogen and oxygen atoms in total. The first-order valence-electron chi connectivity index (χ1n) is 8.43. The van der Waals surface area contributed by atoms with Crippen molar-refractivity contribution in [3.8, 4) is 17.6 Å². The first-order chi connectivity index (χ1) is 13.3. The average Bonchev–Trinajstić information content (AvgIpc) is 2.72. The molecule has 27 heavy (non-hydrogen) atoms. The third kappa shape index (κ3) is 5.10. The van der Waals surface area contributed by atoms with Crippen LogP contribution in [0.25, 0.3) is 0 Å². The van der Waals surface area contributed by atoms with Gasteiger partial charge in [0.2, 0.25) is 0 Å². The van der Waals surface area contributed by atoms with E-state index in [1.54, 1.807) is 30.3 Å². The van der Waals surface area contributed by atoms with E-state index in [0.29, 0.717) is 23.6 Å². The SMILES string of the molecule is N#CCOc1cccc(NC(=O)c2ccccc2COc2ccccc2)c1. The van der Waals surface area contributed by atoms with Gasteiger partial charge >= 0.3 is 0 Å². The molecule has 0 unspecified atom stereocenters. The summed E-state index contributed by atoms with van der Waals surface area (Å²) < 4.78 is 11.0. The van der Waals surface area contributed by atoms with Gasteiger partial charge in [0.05, 0.1) is 0 Å². The molecule has 0 atom stereocenters. The van der Waals surface area contributed by atoms with Crippen LogP contribution >= 0.6 is 0 Å². The first kappa shape index (κ1) is 18.0. The standard InChI is InChI=1S/C22H18N2O3/c23-13-14-26-20-11-6-8-18(15-20)24-22(25)21-12-5-4-7-17(21)16-27-19-9-2-1-3-10-19/h1-12,15H,14,16H2,(H,24,25). The van der Waals surface area contributed by atoms with Crippen LogP contribution in [0.2, 0.25) is 0 Å². The zero-order chi connectivity index (χ0) is 18.9. The van der Waals surface area contributed by atoms with Gasteiger partial charge in [0.15, 0.2) is 6.61 Å². The molecule has 134 valence electrons. The van der Waals surface area contributed by atoms with E-state index < -0.39 is 0 Å². The topological polar surface area (TPSA) is 71.3 Å². The Morgan fingerprint density at radius 1 is 0.889 bits per heavy atom. The Bertz CT molecular complexity index is 949. The fourth-order valence-corrected chi connectivity index (χ4v) is 2.52. The molecule has 0 aliphatic heterocycles. The number of para-hydroxylation sites is 1. The summed E-state index contributed by atoms with van der Waals surface area (Å²) in [6, 6.07) is 25.6. The number of nitrogens with one attached hydrogen (secondary N) is 1. The van der Waals surface area contributed by atoms with Crippen LogP contribution in [0.15, 0.2) is 78.9 Å². The molecular weight excluding hydrogens is 340 g/mol. The van der Waals surface area contributed by atoms with E-state index in [0.717, 1.165) is 11.3 Å². The summed E-state index contributed by atoms with van der Waals surface area (Å²) in [4.78, 5) is 12.7. The van der Waals surface area contributed by atoms with Gasteiger partial charge in [0.1, 0.15) is 24.2 Å². The third-order valence-corrected chi connectivity index (χ3v) is 3.79. The van der Waals surface area contributed by atoms with Gasteiger partial charge in [-0.25, -0.2) is 0 Å². The van der Waals surface area contributed by atoms with Crippen LogP contribution < -0.4 is 14.8 Å². The highest BCUT2D eigenvalue weighted by molar-refractivity contribution is 6.05. The van der Waals surface area contributed by atoms with Gasteiger partial charge < -0.3 is 14.8 Å². The maximum absolute atomic E-state index is 12.7. The number of nitrogens with zero attached hydrogens (tertiary/aromatic N) is 1. The highest BCUT2D eigenvalue weighted by atomic mass is 16.5. The lowest BCUT2D eigenvalue weighted by Crippen LogP contribution is -2.15. The summed E-state index contributed by atoms with van der Waals surface area (Å²) >= 11 is 0. The lowest BCUT2D eigenvalue weighted by molar-refractivity contribution is 0.102. The van der Waals surface area contributed by atoms with Gasteiger partial charge in [-0.05, 0) is 30.3 Å². The largest absolute Gasteiger partial charge is 0.489 e. The van der Waals surface area contributed by atoms with Crippen molar-refractivity contribution < 1.29 is 14.3 Å². The van der Waals surface area contributed by atoms with Crippen LogP contribution in [0.3, 0.4) is 0 Å². The molecule has 3 aromatic rings. The maximum Gasteiger partial charge on any atom is 0.256 e. The number of rotatable bonds is 7. The highest BCUT2D eigenvalue weighted by Gasteiger charge is 2.12. The maximum atomic E-state index is 12.7. The van der Waals surface area contributed by atoms with E-state index in [4.69, 9.17) is 14.7 Å². The number of anilines is 1. The van der Waals surface area contributed by atoms with Crippen molar-refractivity contribution in [2.75, 3.05) is 11.9 Å². The van der Waals surface area contributed by atoms with Gasteiger partial charge in [-0.15, -0.1) is 0 Å². The van der Waals surface area contributed by atoms with E-state index in [2.05, 4.69) is 5.32 Å². The Kier molecular flexibility index (Phi) is 6.05. The Labute approximate surface area is 157 Å². The number of hydrogen-bond donors (Lipinski definition) is 1. The van der Waals surface area contributed by atoms with Crippen LogP contribution in [0, 0.1) is 11.3 Å². The molecule has 0 aliphatic carbocycles. The smallest absolute Gasteiger partial charge is 0.256 e. The Hall–Kier alpha value is -3.78. The van der Waals surface area contributed by atoms with Crippen molar-refractivity contribution in [3.05, 3.63) is 90.0 Å². The summed E-state index contributed by atoms with van der Waals surface area (Å²) in [7, 11) is 0. The van der Waals surface area contributed by atoms with Crippen LogP contribution in [0.1, 0.15) is 15.9 Å². The monoisotopic (exact) mass is 358 g/mol. The molecule has 0 aliphatic rings. The number of carbonyl (C=O) groups excluding carboxylic acids is 1. The quantitative estimate of drug-likeness (QED) is 0.679. The van der Waals surface area contributed by atoms with Gasteiger partial charge in [-0.1, -0.05) is 42.5 Å². The van der Waals surface area contributed by atoms with Crippen LogP contribution in [-0.4, -0.2) is 12.5 Å². The molecule has 3 rings (SSSR count). The Morgan fingerprint density at radius 3 is 2.44 bits per heavy atom. The fraction of sp³-hybridized carbons (Fsp3) is 0.0909. The van der Waals surface area contributed by atoms with Crippen molar-refractivity contribution in [1.29, 1.82) is 5.26 Å². The first-order valence-corrected chi connectivity index (χ1v) is 8.43. The molecule has 1 amide bonds. The Balaban J connectivity index is 1.71. The molecule has 5 heteroatoms.